The van der Waals surface area contributed by atoms with Gasteiger partial charge in [0.1, 0.15) is 0 Å². The minimum Gasteiger partial charge on any atom is -0.329 e. The average Bonchev–Trinajstić information content (AvgIpc) is 2.05. The van der Waals surface area contributed by atoms with Crippen LogP contribution in [-0.4, -0.2) is 37.6 Å². The molecule has 1 saturated carbocycles. The van der Waals surface area contributed by atoms with Crippen molar-refractivity contribution < 1.29 is 0 Å². The third-order valence-corrected chi connectivity index (χ3v) is 5.77. The number of hydrogen-bond acceptors (Lipinski definition) is 1. The highest BCUT2D eigenvalue weighted by Gasteiger charge is 2.17. The zero-order valence-corrected chi connectivity index (χ0v) is 12.3. The monoisotopic (exact) mass is 201 g/mol. The molecule has 0 bridgehead atoms. The van der Waals surface area contributed by atoms with Crippen molar-refractivity contribution in [3.63, 3.8) is 0 Å². The van der Waals surface area contributed by atoms with Gasteiger partial charge in [-0.15, -0.1) is 0 Å². The summed E-state index contributed by atoms with van der Waals surface area (Å²) in [5.41, 5.74) is 0. The van der Waals surface area contributed by atoms with E-state index in [2.05, 4.69) is 18.5 Å². The smallest absolute Gasteiger partial charge is 0.0944 e. The second-order valence-corrected chi connectivity index (χ2v) is 11.2. The Morgan fingerprint density at radius 2 is 1.92 bits per heavy atom. The highest BCUT2D eigenvalue weighted by Crippen LogP contribution is 2.21. The predicted octanol–water partition coefficient (Wildman–Crippen LogP) is 0.466. The summed E-state index contributed by atoms with van der Waals surface area (Å²) >= 11 is 0. The molecule has 1 atom stereocenters. The quantitative estimate of drug-likeness (QED) is 0.600. The van der Waals surface area contributed by atoms with Gasteiger partial charge in [0.15, 0.2) is 0 Å². The molecule has 0 aliphatic heterocycles. The Bertz CT molecular complexity index is 122. The molecule has 1 unspecified atom stereocenters. The lowest BCUT2D eigenvalue weighted by atomic mass is 9.96. The molecule has 0 saturated heterocycles. The third kappa shape index (κ3) is 3.41. The van der Waals surface area contributed by atoms with E-state index in [4.69, 9.17) is 0 Å². The van der Waals surface area contributed by atoms with E-state index in [1.165, 1.54) is 42.3 Å². The first-order valence-corrected chi connectivity index (χ1v) is 8.00. The van der Waals surface area contributed by atoms with Crippen molar-refractivity contribution in [2.45, 2.75) is 50.2 Å². The highest BCUT2D eigenvalue weighted by molar-refractivity contribution is 6.47. The maximum absolute atomic E-state index is 2.73. The van der Waals surface area contributed by atoms with Crippen LogP contribution in [0.2, 0.25) is 5.16 Å². The fourth-order valence-corrected chi connectivity index (χ4v) is 5.79. The van der Waals surface area contributed by atoms with Gasteiger partial charge in [0.05, 0.1) is 9.68 Å². The lowest BCUT2D eigenvalue weighted by Crippen LogP contribution is -2.37. The number of hydrogen-bond donors (Lipinski definition) is 0. The van der Waals surface area contributed by atoms with E-state index in [0.717, 1.165) is 11.2 Å². The summed E-state index contributed by atoms with van der Waals surface area (Å²) in [5.74, 6) is 0. The van der Waals surface area contributed by atoms with Crippen LogP contribution in [0.4, 0.5) is 0 Å². The number of rotatable bonds is 3. The topological polar surface area (TPSA) is 3.24 Å². The molecule has 0 aromatic rings. The summed E-state index contributed by atoms with van der Waals surface area (Å²) in [6.07, 6.45) is 7.43. The highest BCUT2D eigenvalue weighted by atomic mass is 28.3. The van der Waals surface area contributed by atoms with Crippen LogP contribution in [0.3, 0.4) is 0 Å². The molecular weight excluding hydrogens is 178 g/mol. The fraction of sp³-hybridized carbons (Fsp3) is 1.00. The van der Waals surface area contributed by atoms with Gasteiger partial charge in [0.25, 0.3) is 0 Å². The molecule has 3 heteroatoms. The summed E-state index contributed by atoms with van der Waals surface area (Å²) < 4.78 is 2.73. The summed E-state index contributed by atoms with van der Waals surface area (Å²) in [4.78, 5) is 0. The lowest BCUT2D eigenvalue weighted by Gasteiger charge is -2.32. The van der Waals surface area contributed by atoms with Crippen molar-refractivity contribution in [3.8, 4) is 0 Å². The summed E-state index contributed by atoms with van der Waals surface area (Å²) in [7, 11) is 3.90. The van der Waals surface area contributed by atoms with E-state index in [0.29, 0.717) is 0 Å². The van der Waals surface area contributed by atoms with Gasteiger partial charge < -0.3 is 4.57 Å². The molecule has 1 aliphatic rings. The molecule has 1 aliphatic carbocycles. The van der Waals surface area contributed by atoms with Crippen molar-refractivity contribution >= 4 is 19.9 Å². The van der Waals surface area contributed by atoms with Crippen molar-refractivity contribution in [1.29, 1.82) is 0 Å². The predicted molar refractivity (Wildman–Crippen MR) is 62.5 cm³/mol. The third-order valence-electron chi connectivity index (χ3n) is 2.85. The molecule has 1 nitrogen and oxygen atoms in total. The molecule has 0 spiro atoms. The molecule has 0 amide bonds. The van der Waals surface area contributed by atoms with Crippen molar-refractivity contribution in [1.82, 2.24) is 4.57 Å². The summed E-state index contributed by atoms with van der Waals surface area (Å²) in [6, 6.07) is 0.974. The van der Waals surface area contributed by atoms with Crippen LogP contribution in [0.15, 0.2) is 0 Å². The van der Waals surface area contributed by atoms with Gasteiger partial charge in [-0.1, -0.05) is 31.4 Å². The molecule has 1 fully saturated rings. The van der Waals surface area contributed by atoms with Gasteiger partial charge in [-0.2, -0.15) is 0 Å². The van der Waals surface area contributed by atoms with Gasteiger partial charge >= 0.3 is 0 Å². The second kappa shape index (κ2) is 5.19. The molecule has 0 N–H and O–H groups in total. The minimum atomic E-state index is 0.121. The second-order valence-electron chi connectivity index (χ2n) is 4.63. The van der Waals surface area contributed by atoms with Crippen LogP contribution < -0.4 is 0 Å². The molecular formula is C9H23NSi2. The van der Waals surface area contributed by atoms with E-state index < -0.39 is 0 Å². The van der Waals surface area contributed by atoms with Gasteiger partial charge in [0.2, 0.25) is 0 Å². The molecule has 72 valence electrons. The Morgan fingerprint density at radius 3 is 2.42 bits per heavy atom. The lowest BCUT2D eigenvalue weighted by molar-refractivity contribution is 0.290. The normalized spacial score (nSPS) is 24.2. The first-order valence-electron chi connectivity index (χ1n) is 5.40. The van der Waals surface area contributed by atoms with Crippen LogP contribution in [0.1, 0.15) is 39.0 Å². The fourth-order valence-electron chi connectivity index (χ4n) is 2.25. The molecule has 12 heavy (non-hydrogen) atoms. The van der Waals surface area contributed by atoms with Crippen molar-refractivity contribution in [3.05, 3.63) is 0 Å². The maximum atomic E-state index is 2.73. The van der Waals surface area contributed by atoms with E-state index in [1.807, 2.05) is 0 Å². The van der Waals surface area contributed by atoms with Crippen LogP contribution >= 0.6 is 0 Å². The van der Waals surface area contributed by atoms with E-state index >= 15 is 0 Å². The van der Waals surface area contributed by atoms with Crippen LogP contribution in [0, 0.1) is 0 Å². The zero-order valence-electron chi connectivity index (χ0n) is 8.84. The molecule has 0 aromatic heterocycles. The standard InChI is InChI=1S/C9H23NSi2/c1-8(11)12-10(2)9-6-4-3-5-7-9/h8-9H,3-7,12H2,1-2,11H3. The Balaban J connectivity index is 2.24. The summed E-state index contributed by atoms with van der Waals surface area (Å²) in [6.45, 7) is 2.43. The Hall–Kier alpha value is 0.394. The molecule has 0 aromatic carbocycles. The SMILES string of the molecule is CC([SiH3])[SiH2]N(C)C1CCCCC1. The molecule has 0 heterocycles. The van der Waals surface area contributed by atoms with Crippen LogP contribution in [-0.2, 0) is 0 Å². The Morgan fingerprint density at radius 1 is 1.33 bits per heavy atom. The Labute approximate surface area is 82.2 Å². The van der Waals surface area contributed by atoms with Crippen molar-refractivity contribution in [2.24, 2.45) is 0 Å². The first-order chi connectivity index (χ1) is 5.70. The van der Waals surface area contributed by atoms with Gasteiger partial charge in [-0.3, -0.25) is 0 Å². The first kappa shape index (κ1) is 10.5. The minimum absolute atomic E-state index is 0.121. The summed E-state index contributed by atoms with van der Waals surface area (Å²) in [5, 5.41) is 1.09. The van der Waals surface area contributed by atoms with Crippen LogP contribution in [0.5, 0.6) is 0 Å². The zero-order chi connectivity index (χ0) is 8.97. The van der Waals surface area contributed by atoms with E-state index in [9.17, 15) is 0 Å². The average molecular weight is 201 g/mol. The van der Waals surface area contributed by atoms with E-state index in [-0.39, 0.29) is 9.68 Å². The molecule has 1 rings (SSSR count). The molecule has 0 radical (unpaired) electrons. The van der Waals surface area contributed by atoms with E-state index in [1.54, 1.807) is 0 Å². The van der Waals surface area contributed by atoms with Crippen molar-refractivity contribution in [2.75, 3.05) is 7.05 Å². The van der Waals surface area contributed by atoms with Crippen LogP contribution in [0.25, 0.3) is 0 Å². The van der Waals surface area contributed by atoms with Gasteiger partial charge in [-0.25, -0.2) is 0 Å². The maximum Gasteiger partial charge on any atom is 0.0944 e. The Kier molecular flexibility index (Phi) is 4.53. The largest absolute Gasteiger partial charge is 0.329 e. The number of nitrogens with zero attached hydrogens (tertiary/aromatic N) is 1. The van der Waals surface area contributed by atoms with Gasteiger partial charge in [0, 0.05) is 16.3 Å². The van der Waals surface area contributed by atoms with Gasteiger partial charge in [-0.05, 0) is 19.9 Å².